The molecule has 3 aromatic rings. The molecular formula is C23H21N5O6S. The Morgan fingerprint density at radius 1 is 1.00 bits per heavy atom. The zero-order valence-corrected chi connectivity index (χ0v) is 19.2. The molecular weight excluding hydrogens is 474 g/mol. The quantitative estimate of drug-likeness (QED) is 0.530. The topological polar surface area (TPSA) is 140 Å². The summed E-state index contributed by atoms with van der Waals surface area (Å²) >= 11 is 0. The second-order valence-electron chi connectivity index (χ2n) is 7.92. The number of fused-ring (bicyclic) bond motifs is 1. The standard InChI is InChI=1S/C23H21N5O6S/c29-21-12-15(14-28(21)17-4-7-19-20(13-17)34-11-10-33-19)22(30)26-16-2-5-18(6-3-16)35(31,32)27-23-24-8-1-9-25-23/h1-9,13,15H,10-12,14H2,(H,26,30)(H,24,25,27)/t15-/m1/s1. The van der Waals surface area contributed by atoms with Crippen LogP contribution >= 0.6 is 0 Å². The third kappa shape index (κ3) is 4.87. The monoisotopic (exact) mass is 495 g/mol. The number of aromatic nitrogens is 2. The number of anilines is 3. The second kappa shape index (κ2) is 9.22. The molecule has 1 fully saturated rings. The van der Waals surface area contributed by atoms with Gasteiger partial charge < -0.3 is 19.7 Å². The summed E-state index contributed by atoms with van der Waals surface area (Å²) in [7, 11) is -3.88. The van der Waals surface area contributed by atoms with E-state index in [1.165, 1.54) is 36.7 Å². The number of amides is 2. The lowest BCUT2D eigenvalue weighted by Gasteiger charge is -2.22. The van der Waals surface area contributed by atoms with Crippen LogP contribution in [0.15, 0.2) is 65.8 Å². The minimum atomic E-state index is -3.88. The van der Waals surface area contributed by atoms with Crippen molar-refractivity contribution in [2.75, 3.05) is 34.7 Å². The zero-order valence-electron chi connectivity index (χ0n) is 18.4. The van der Waals surface area contributed by atoms with Gasteiger partial charge in [-0.2, -0.15) is 0 Å². The summed E-state index contributed by atoms with van der Waals surface area (Å²) in [6.07, 6.45) is 2.91. The molecule has 12 heteroatoms. The molecule has 0 saturated carbocycles. The number of carbonyl (C=O) groups excluding carboxylic acids is 2. The number of nitrogens with one attached hydrogen (secondary N) is 2. The van der Waals surface area contributed by atoms with Crippen LogP contribution in [0.1, 0.15) is 6.42 Å². The highest BCUT2D eigenvalue weighted by Gasteiger charge is 2.35. The number of hydrogen-bond donors (Lipinski definition) is 2. The molecule has 180 valence electrons. The summed E-state index contributed by atoms with van der Waals surface area (Å²) in [6.45, 7) is 1.13. The molecule has 2 aliphatic rings. The summed E-state index contributed by atoms with van der Waals surface area (Å²) < 4.78 is 38.4. The number of nitrogens with zero attached hydrogens (tertiary/aromatic N) is 3. The minimum absolute atomic E-state index is 0.0104. The summed E-state index contributed by atoms with van der Waals surface area (Å²) in [5.41, 5.74) is 1.05. The van der Waals surface area contributed by atoms with E-state index in [9.17, 15) is 18.0 Å². The summed E-state index contributed by atoms with van der Waals surface area (Å²) in [5, 5.41) is 2.75. The molecule has 2 N–H and O–H groups in total. The molecule has 5 rings (SSSR count). The van der Waals surface area contributed by atoms with Gasteiger partial charge in [-0.25, -0.2) is 23.1 Å². The van der Waals surface area contributed by atoms with Gasteiger partial charge in [-0.3, -0.25) is 9.59 Å². The molecule has 1 aromatic heterocycles. The lowest BCUT2D eigenvalue weighted by Crippen LogP contribution is -2.28. The molecule has 0 bridgehead atoms. The van der Waals surface area contributed by atoms with Gasteiger partial charge in [-0.1, -0.05) is 0 Å². The number of benzene rings is 2. The Hall–Kier alpha value is -4.19. The molecule has 2 amide bonds. The van der Waals surface area contributed by atoms with Crippen molar-refractivity contribution in [2.24, 2.45) is 5.92 Å². The van der Waals surface area contributed by atoms with E-state index >= 15 is 0 Å². The maximum absolute atomic E-state index is 12.8. The molecule has 35 heavy (non-hydrogen) atoms. The van der Waals surface area contributed by atoms with Crippen molar-refractivity contribution in [3.8, 4) is 11.5 Å². The largest absolute Gasteiger partial charge is 0.486 e. The van der Waals surface area contributed by atoms with E-state index in [0.717, 1.165) is 0 Å². The molecule has 0 radical (unpaired) electrons. The van der Waals surface area contributed by atoms with Crippen LogP contribution in [0.5, 0.6) is 11.5 Å². The number of rotatable bonds is 6. The average molecular weight is 496 g/mol. The Balaban J connectivity index is 1.23. The van der Waals surface area contributed by atoms with Crippen LogP contribution in [-0.4, -0.2) is 50.0 Å². The van der Waals surface area contributed by atoms with E-state index in [1.807, 2.05) is 0 Å². The number of carbonyl (C=O) groups is 2. The van der Waals surface area contributed by atoms with Gasteiger partial charge in [-0.05, 0) is 42.5 Å². The normalized spacial score (nSPS) is 17.2. The van der Waals surface area contributed by atoms with Crippen molar-refractivity contribution < 1.29 is 27.5 Å². The number of sulfonamides is 1. The van der Waals surface area contributed by atoms with E-state index in [1.54, 1.807) is 29.2 Å². The molecule has 2 aromatic carbocycles. The predicted octanol–water partition coefficient (Wildman–Crippen LogP) is 2.04. The molecule has 0 unspecified atom stereocenters. The fraction of sp³-hybridized carbons (Fsp3) is 0.217. The highest BCUT2D eigenvalue weighted by atomic mass is 32.2. The molecule has 11 nitrogen and oxygen atoms in total. The van der Waals surface area contributed by atoms with Crippen molar-refractivity contribution >= 4 is 39.2 Å². The lowest BCUT2D eigenvalue weighted by molar-refractivity contribution is -0.122. The van der Waals surface area contributed by atoms with Crippen LogP contribution in [0.3, 0.4) is 0 Å². The van der Waals surface area contributed by atoms with Crippen LogP contribution in [-0.2, 0) is 19.6 Å². The van der Waals surface area contributed by atoms with Crippen molar-refractivity contribution in [1.29, 1.82) is 0 Å². The summed E-state index contributed by atoms with van der Waals surface area (Å²) in [4.78, 5) is 34.6. The van der Waals surface area contributed by atoms with E-state index in [-0.39, 0.29) is 35.6 Å². The molecule has 2 aliphatic heterocycles. The van der Waals surface area contributed by atoms with Crippen molar-refractivity contribution in [1.82, 2.24) is 9.97 Å². The fourth-order valence-corrected chi connectivity index (χ4v) is 4.78. The van der Waals surface area contributed by atoms with Gasteiger partial charge in [0.2, 0.25) is 17.8 Å². The first-order valence-corrected chi connectivity index (χ1v) is 12.3. The Kier molecular flexibility index (Phi) is 5.95. The molecule has 0 spiro atoms. The van der Waals surface area contributed by atoms with Crippen molar-refractivity contribution in [3.63, 3.8) is 0 Å². The molecule has 1 saturated heterocycles. The fourth-order valence-electron chi connectivity index (χ4n) is 3.83. The van der Waals surface area contributed by atoms with Gasteiger partial charge in [0.15, 0.2) is 11.5 Å². The SMILES string of the molecule is O=C(Nc1ccc(S(=O)(=O)Nc2ncccn2)cc1)[C@@H]1CC(=O)N(c2ccc3c(c2)OCCO3)C1. The smallest absolute Gasteiger partial charge is 0.264 e. The van der Waals surface area contributed by atoms with Gasteiger partial charge in [0.25, 0.3) is 10.0 Å². The Bertz CT molecular complexity index is 1360. The first-order chi connectivity index (χ1) is 16.9. The van der Waals surface area contributed by atoms with Crippen LogP contribution in [0.4, 0.5) is 17.3 Å². The van der Waals surface area contributed by atoms with Crippen LogP contribution < -0.4 is 24.4 Å². The third-order valence-electron chi connectivity index (χ3n) is 5.56. The molecule has 1 atom stereocenters. The van der Waals surface area contributed by atoms with Crippen LogP contribution in [0.25, 0.3) is 0 Å². The van der Waals surface area contributed by atoms with E-state index in [0.29, 0.717) is 36.1 Å². The highest BCUT2D eigenvalue weighted by molar-refractivity contribution is 7.92. The summed E-state index contributed by atoms with van der Waals surface area (Å²) in [5.74, 6) is 0.0901. The van der Waals surface area contributed by atoms with Gasteiger partial charge in [0.1, 0.15) is 13.2 Å². The maximum atomic E-state index is 12.8. The average Bonchev–Trinajstić information content (AvgIpc) is 3.26. The Morgan fingerprint density at radius 2 is 1.71 bits per heavy atom. The predicted molar refractivity (Wildman–Crippen MR) is 126 cm³/mol. The third-order valence-corrected chi connectivity index (χ3v) is 6.90. The highest BCUT2D eigenvalue weighted by Crippen LogP contribution is 2.36. The first kappa shape index (κ1) is 22.6. The van der Waals surface area contributed by atoms with Gasteiger partial charge in [-0.15, -0.1) is 0 Å². The number of hydrogen-bond acceptors (Lipinski definition) is 8. The Labute approximate surface area is 201 Å². The van der Waals surface area contributed by atoms with Crippen molar-refractivity contribution in [3.05, 3.63) is 60.9 Å². The van der Waals surface area contributed by atoms with Crippen molar-refractivity contribution in [2.45, 2.75) is 11.3 Å². The van der Waals surface area contributed by atoms with Gasteiger partial charge >= 0.3 is 0 Å². The van der Waals surface area contributed by atoms with E-state index in [2.05, 4.69) is 20.0 Å². The van der Waals surface area contributed by atoms with Crippen LogP contribution in [0, 0.1) is 5.92 Å². The summed E-state index contributed by atoms with van der Waals surface area (Å²) in [6, 6.07) is 12.5. The molecule has 3 heterocycles. The van der Waals surface area contributed by atoms with E-state index in [4.69, 9.17) is 9.47 Å². The maximum Gasteiger partial charge on any atom is 0.264 e. The Morgan fingerprint density at radius 3 is 2.46 bits per heavy atom. The zero-order chi connectivity index (χ0) is 24.4. The second-order valence-corrected chi connectivity index (χ2v) is 9.61. The number of ether oxygens (including phenoxy) is 2. The van der Waals surface area contributed by atoms with Crippen LogP contribution in [0.2, 0.25) is 0 Å². The lowest BCUT2D eigenvalue weighted by atomic mass is 10.1. The van der Waals surface area contributed by atoms with Gasteiger partial charge in [0, 0.05) is 42.8 Å². The van der Waals surface area contributed by atoms with Gasteiger partial charge in [0.05, 0.1) is 10.8 Å². The van der Waals surface area contributed by atoms with E-state index < -0.39 is 15.9 Å². The minimum Gasteiger partial charge on any atom is -0.486 e. The molecule has 0 aliphatic carbocycles. The first-order valence-electron chi connectivity index (χ1n) is 10.8.